The summed E-state index contributed by atoms with van der Waals surface area (Å²) in [5.74, 6) is -0.962. The molecule has 0 fully saturated rings. The van der Waals surface area contributed by atoms with Gasteiger partial charge >= 0.3 is 5.97 Å². The van der Waals surface area contributed by atoms with Crippen molar-refractivity contribution in [3.8, 4) is 0 Å². The Bertz CT molecular complexity index is 648. The molecular formula is C13H13BrN2O2. The minimum Gasteiger partial charge on any atom is -0.480 e. The van der Waals surface area contributed by atoms with Gasteiger partial charge in [0.25, 0.3) is 0 Å². The van der Waals surface area contributed by atoms with Crippen molar-refractivity contribution in [2.75, 3.05) is 0 Å². The summed E-state index contributed by atoms with van der Waals surface area (Å²) in [6.07, 6.45) is 1.39. The number of rotatable bonds is 3. The van der Waals surface area contributed by atoms with Gasteiger partial charge in [0.15, 0.2) is 0 Å². The molecule has 3 rings (SSSR count). The molecule has 1 aromatic heterocycles. The molecule has 0 saturated heterocycles. The molecule has 1 aliphatic heterocycles. The van der Waals surface area contributed by atoms with Crippen LogP contribution in [0.5, 0.6) is 0 Å². The molecule has 1 atom stereocenters. The summed E-state index contributed by atoms with van der Waals surface area (Å²) < 4.78 is 3.17. The van der Waals surface area contributed by atoms with E-state index in [0.29, 0.717) is 6.42 Å². The molecule has 0 amide bonds. The summed E-state index contributed by atoms with van der Waals surface area (Å²) in [5.41, 5.74) is 9.19. The van der Waals surface area contributed by atoms with Crippen LogP contribution >= 0.6 is 15.9 Å². The molecular weight excluding hydrogens is 296 g/mol. The predicted octanol–water partition coefficient (Wildman–Crippen LogP) is 1.91. The molecule has 5 heteroatoms. The lowest BCUT2D eigenvalue weighted by atomic mass is 10.0. The average Bonchev–Trinajstić information content (AvgIpc) is 2.88. The number of hydrogen-bond donors (Lipinski definition) is 2. The van der Waals surface area contributed by atoms with Gasteiger partial charge in [0.1, 0.15) is 6.04 Å². The highest BCUT2D eigenvalue weighted by Crippen LogP contribution is 2.36. The van der Waals surface area contributed by atoms with Gasteiger partial charge in [-0.1, -0.05) is 18.2 Å². The number of aliphatic carboxylic acids is 1. The molecule has 0 spiro atoms. The van der Waals surface area contributed by atoms with Crippen molar-refractivity contribution in [3.05, 3.63) is 33.9 Å². The molecule has 0 saturated carbocycles. The minimum absolute atomic E-state index is 0.350. The molecule has 2 heterocycles. The van der Waals surface area contributed by atoms with Crippen LogP contribution in [0.1, 0.15) is 11.1 Å². The largest absolute Gasteiger partial charge is 0.480 e. The highest BCUT2D eigenvalue weighted by atomic mass is 79.9. The third-order valence-corrected chi connectivity index (χ3v) is 4.45. The van der Waals surface area contributed by atoms with Gasteiger partial charge in [-0.25, -0.2) is 0 Å². The fourth-order valence-electron chi connectivity index (χ4n) is 2.67. The second-order valence-electron chi connectivity index (χ2n) is 4.63. The van der Waals surface area contributed by atoms with E-state index in [2.05, 4.69) is 26.6 Å². The van der Waals surface area contributed by atoms with Gasteiger partial charge in [-0.3, -0.25) is 4.79 Å². The van der Waals surface area contributed by atoms with Crippen molar-refractivity contribution in [3.63, 3.8) is 0 Å². The summed E-state index contributed by atoms with van der Waals surface area (Å²) in [4.78, 5) is 10.9. The zero-order chi connectivity index (χ0) is 12.9. The molecule has 18 heavy (non-hydrogen) atoms. The highest BCUT2D eigenvalue weighted by Gasteiger charge is 2.24. The van der Waals surface area contributed by atoms with Crippen molar-refractivity contribution in [1.29, 1.82) is 0 Å². The molecule has 0 aliphatic carbocycles. The van der Waals surface area contributed by atoms with E-state index in [9.17, 15) is 4.79 Å². The minimum atomic E-state index is -0.962. The SMILES string of the molecule is NC(Cc1c(Br)n2c3c(cccc13)CC2)C(=O)O. The maximum atomic E-state index is 10.9. The van der Waals surface area contributed by atoms with Crippen LogP contribution in [-0.4, -0.2) is 21.7 Å². The predicted molar refractivity (Wildman–Crippen MR) is 72.7 cm³/mol. The van der Waals surface area contributed by atoms with Crippen LogP contribution in [0, 0.1) is 0 Å². The maximum absolute atomic E-state index is 10.9. The fraction of sp³-hybridized carbons (Fsp3) is 0.308. The van der Waals surface area contributed by atoms with Crippen LogP contribution in [-0.2, 0) is 24.2 Å². The molecule has 94 valence electrons. The monoisotopic (exact) mass is 308 g/mol. The maximum Gasteiger partial charge on any atom is 0.320 e. The summed E-state index contributed by atoms with van der Waals surface area (Å²) in [7, 11) is 0. The third-order valence-electron chi connectivity index (χ3n) is 3.55. The summed E-state index contributed by atoms with van der Waals surface area (Å²) >= 11 is 3.58. The second-order valence-corrected chi connectivity index (χ2v) is 5.38. The van der Waals surface area contributed by atoms with Crippen molar-refractivity contribution in [1.82, 2.24) is 4.57 Å². The lowest BCUT2D eigenvalue weighted by molar-refractivity contribution is -0.138. The Kier molecular flexibility index (Phi) is 2.68. The first-order valence-electron chi connectivity index (χ1n) is 5.86. The number of benzene rings is 1. The number of nitrogens with two attached hydrogens (primary N) is 1. The lowest BCUT2D eigenvalue weighted by Crippen LogP contribution is -2.32. The van der Waals surface area contributed by atoms with E-state index in [0.717, 1.165) is 28.5 Å². The number of nitrogens with zero attached hydrogens (tertiary/aromatic N) is 1. The zero-order valence-electron chi connectivity index (χ0n) is 9.69. The topological polar surface area (TPSA) is 68.2 Å². The number of aromatic nitrogens is 1. The molecule has 1 aliphatic rings. The van der Waals surface area contributed by atoms with E-state index in [1.165, 1.54) is 11.1 Å². The Balaban J connectivity index is 2.16. The first-order valence-corrected chi connectivity index (χ1v) is 6.65. The quantitative estimate of drug-likeness (QED) is 0.910. The first kappa shape index (κ1) is 11.7. The van der Waals surface area contributed by atoms with Crippen LogP contribution in [0.2, 0.25) is 0 Å². The Morgan fingerprint density at radius 3 is 3.06 bits per heavy atom. The van der Waals surface area contributed by atoms with Crippen LogP contribution in [0.25, 0.3) is 10.9 Å². The summed E-state index contributed by atoms with van der Waals surface area (Å²) in [6, 6.07) is 5.33. The number of carboxylic acid groups (broad SMARTS) is 1. The summed E-state index contributed by atoms with van der Waals surface area (Å²) in [5, 5.41) is 10.1. The standard InChI is InChI=1S/C13H13BrN2O2/c14-12-9(6-10(15)13(17)18)8-3-1-2-7-4-5-16(12)11(7)8/h1-3,10H,4-6,15H2,(H,17,18). The number of halogens is 1. The number of hydrogen-bond acceptors (Lipinski definition) is 2. The Hall–Kier alpha value is -1.33. The Labute approximate surface area is 113 Å². The van der Waals surface area contributed by atoms with Gasteiger partial charge in [0.05, 0.1) is 10.1 Å². The normalized spacial score (nSPS) is 15.2. The molecule has 1 unspecified atom stereocenters. The van der Waals surface area contributed by atoms with E-state index >= 15 is 0 Å². The number of aryl methyl sites for hydroxylation is 2. The molecule has 4 nitrogen and oxygen atoms in total. The van der Waals surface area contributed by atoms with E-state index in [4.69, 9.17) is 10.8 Å². The molecule has 0 bridgehead atoms. The van der Waals surface area contributed by atoms with Crippen LogP contribution in [0.15, 0.2) is 22.8 Å². The van der Waals surface area contributed by atoms with E-state index < -0.39 is 12.0 Å². The van der Waals surface area contributed by atoms with Crippen molar-refractivity contribution in [2.45, 2.75) is 25.4 Å². The van der Waals surface area contributed by atoms with Crippen LogP contribution < -0.4 is 5.73 Å². The van der Waals surface area contributed by atoms with Gasteiger partial charge in [-0.2, -0.15) is 0 Å². The second kappa shape index (κ2) is 4.10. The number of carbonyl (C=O) groups is 1. The third kappa shape index (κ3) is 1.58. The molecule has 2 aromatic rings. The van der Waals surface area contributed by atoms with Gasteiger partial charge in [0.2, 0.25) is 0 Å². The number of carboxylic acids is 1. The summed E-state index contributed by atoms with van der Waals surface area (Å²) in [6.45, 7) is 0.943. The van der Waals surface area contributed by atoms with Gasteiger partial charge < -0.3 is 15.4 Å². The van der Waals surface area contributed by atoms with E-state index in [1.807, 2.05) is 12.1 Å². The van der Waals surface area contributed by atoms with E-state index in [1.54, 1.807) is 0 Å². The van der Waals surface area contributed by atoms with Crippen LogP contribution in [0.3, 0.4) is 0 Å². The smallest absolute Gasteiger partial charge is 0.320 e. The first-order chi connectivity index (χ1) is 8.59. The fourth-order valence-corrected chi connectivity index (χ4v) is 3.40. The highest BCUT2D eigenvalue weighted by molar-refractivity contribution is 9.10. The van der Waals surface area contributed by atoms with Gasteiger partial charge in [-0.15, -0.1) is 0 Å². The average molecular weight is 309 g/mol. The Morgan fingerprint density at radius 1 is 1.56 bits per heavy atom. The van der Waals surface area contributed by atoms with E-state index in [-0.39, 0.29) is 0 Å². The van der Waals surface area contributed by atoms with Gasteiger partial charge in [-0.05, 0) is 33.5 Å². The molecule has 3 N–H and O–H groups in total. The number of para-hydroxylation sites is 1. The molecule has 1 aromatic carbocycles. The van der Waals surface area contributed by atoms with Crippen molar-refractivity contribution >= 4 is 32.8 Å². The lowest BCUT2D eigenvalue weighted by Gasteiger charge is -2.07. The Morgan fingerprint density at radius 2 is 2.33 bits per heavy atom. The van der Waals surface area contributed by atoms with Crippen LogP contribution in [0.4, 0.5) is 0 Å². The van der Waals surface area contributed by atoms with Gasteiger partial charge in [0, 0.05) is 18.4 Å². The van der Waals surface area contributed by atoms with Crippen molar-refractivity contribution in [2.24, 2.45) is 5.73 Å². The molecule has 0 radical (unpaired) electrons. The zero-order valence-corrected chi connectivity index (χ0v) is 11.3. The van der Waals surface area contributed by atoms with Crippen molar-refractivity contribution < 1.29 is 9.90 Å².